The van der Waals surface area contributed by atoms with E-state index in [-0.39, 0.29) is 11.6 Å². The smallest absolute Gasteiger partial charge is 0.318 e. The molecule has 3 aliphatic rings. The zero-order valence-electron chi connectivity index (χ0n) is 13.0. The van der Waals surface area contributed by atoms with Crippen LogP contribution in [0.15, 0.2) is 24.3 Å². The van der Waals surface area contributed by atoms with Crippen LogP contribution < -0.4 is 5.32 Å². The normalized spacial score (nSPS) is 24.7. The van der Waals surface area contributed by atoms with E-state index in [2.05, 4.69) is 5.32 Å². The van der Waals surface area contributed by atoms with Crippen LogP contribution in [0.3, 0.4) is 0 Å². The Kier molecular flexibility index (Phi) is 3.75. The molecule has 2 saturated heterocycles. The van der Waals surface area contributed by atoms with E-state index in [9.17, 15) is 4.79 Å². The summed E-state index contributed by atoms with van der Waals surface area (Å²) in [5.74, 6) is -0.440. The van der Waals surface area contributed by atoms with Crippen LogP contribution in [-0.2, 0) is 15.0 Å². The van der Waals surface area contributed by atoms with Crippen LogP contribution in [0.2, 0.25) is 5.02 Å². The Morgan fingerprint density at radius 1 is 1.04 bits per heavy atom. The van der Waals surface area contributed by atoms with Crippen molar-refractivity contribution in [3.63, 3.8) is 0 Å². The predicted octanol–water partition coefficient (Wildman–Crippen LogP) is 2.88. The highest BCUT2D eigenvalue weighted by molar-refractivity contribution is 6.30. The summed E-state index contributed by atoms with van der Waals surface area (Å²) in [5.41, 5.74) is 0.920. The van der Waals surface area contributed by atoms with Gasteiger partial charge in [0.1, 0.15) is 0 Å². The molecule has 124 valence electrons. The molecule has 0 aromatic heterocycles. The number of halogens is 1. The van der Waals surface area contributed by atoms with E-state index in [0.29, 0.717) is 31.3 Å². The van der Waals surface area contributed by atoms with Gasteiger partial charge in [-0.25, -0.2) is 4.79 Å². The maximum absolute atomic E-state index is 12.6. The van der Waals surface area contributed by atoms with Gasteiger partial charge in [-0.15, -0.1) is 0 Å². The number of carbonyl (C=O) groups is 1. The van der Waals surface area contributed by atoms with Crippen LogP contribution in [0.5, 0.6) is 0 Å². The minimum absolute atomic E-state index is 0.00490. The van der Waals surface area contributed by atoms with Gasteiger partial charge in [-0.3, -0.25) is 0 Å². The fourth-order valence-electron chi connectivity index (χ4n) is 3.50. The molecule has 3 fully saturated rings. The number of ether oxygens (including phenoxy) is 2. The molecular formula is C17H21ClN2O3. The molecule has 0 bridgehead atoms. The molecule has 1 aromatic carbocycles. The molecule has 1 spiro atoms. The van der Waals surface area contributed by atoms with Crippen molar-refractivity contribution in [3.8, 4) is 0 Å². The molecule has 2 heterocycles. The van der Waals surface area contributed by atoms with Crippen molar-refractivity contribution in [2.75, 3.05) is 26.3 Å². The number of carbonyl (C=O) groups excluding carboxylic acids is 1. The fraction of sp³-hybridized carbons (Fsp3) is 0.588. The van der Waals surface area contributed by atoms with Crippen LogP contribution in [0, 0.1) is 0 Å². The lowest BCUT2D eigenvalue weighted by atomic mass is 10.0. The van der Waals surface area contributed by atoms with Gasteiger partial charge in [0, 0.05) is 31.0 Å². The number of nitrogens with one attached hydrogen (secondary N) is 1. The minimum Gasteiger partial charge on any atom is -0.347 e. The third kappa shape index (κ3) is 2.93. The van der Waals surface area contributed by atoms with Gasteiger partial charge in [0.2, 0.25) is 0 Å². The Hall–Kier alpha value is -1.30. The molecule has 5 nitrogen and oxygen atoms in total. The van der Waals surface area contributed by atoms with Crippen molar-refractivity contribution in [3.05, 3.63) is 34.9 Å². The molecule has 1 aromatic rings. The van der Waals surface area contributed by atoms with E-state index < -0.39 is 5.79 Å². The molecule has 2 aliphatic heterocycles. The third-order valence-electron chi connectivity index (χ3n) is 5.12. The number of nitrogens with zero attached hydrogens (tertiary/aromatic N) is 1. The number of urea groups is 1. The highest BCUT2D eigenvalue weighted by atomic mass is 35.5. The number of likely N-dealkylation sites (tertiary alicyclic amines) is 1. The number of benzene rings is 1. The lowest BCUT2D eigenvalue weighted by molar-refractivity contribution is -0.181. The second-order valence-electron chi connectivity index (χ2n) is 6.61. The zero-order valence-corrected chi connectivity index (χ0v) is 13.8. The standard InChI is InChI=1S/C17H21ClN2O3/c18-14-3-1-13(2-4-14)16(5-6-16)19-15(21)20-9-7-17(8-10-20)22-11-12-23-17/h1-4H,5-12H2,(H,19,21). The summed E-state index contributed by atoms with van der Waals surface area (Å²) >= 11 is 5.95. The van der Waals surface area contributed by atoms with Gasteiger partial charge in [0.25, 0.3) is 0 Å². The highest BCUT2D eigenvalue weighted by Crippen LogP contribution is 2.46. The molecule has 1 saturated carbocycles. The van der Waals surface area contributed by atoms with Crippen molar-refractivity contribution in [2.45, 2.75) is 37.0 Å². The summed E-state index contributed by atoms with van der Waals surface area (Å²) < 4.78 is 11.4. The maximum Gasteiger partial charge on any atom is 0.318 e. The Morgan fingerprint density at radius 2 is 1.65 bits per heavy atom. The first-order valence-electron chi connectivity index (χ1n) is 8.22. The lowest BCUT2D eigenvalue weighted by Gasteiger charge is -2.38. The SMILES string of the molecule is O=C(NC1(c2ccc(Cl)cc2)CC1)N1CCC2(CC1)OCCO2. The number of rotatable bonds is 2. The van der Waals surface area contributed by atoms with Gasteiger partial charge in [-0.2, -0.15) is 0 Å². The number of amides is 2. The number of piperidine rings is 1. The van der Waals surface area contributed by atoms with Crippen molar-refractivity contribution < 1.29 is 14.3 Å². The summed E-state index contributed by atoms with van der Waals surface area (Å²) in [7, 11) is 0. The lowest BCUT2D eigenvalue weighted by Crippen LogP contribution is -2.52. The number of hydrogen-bond donors (Lipinski definition) is 1. The largest absolute Gasteiger partial charge is 0.347 e. The molecule has 1 aliphatic carbocycles. The first-order chi connectivity index (χ1) is 11.1. The Bertz CT molecular complexity index is 584. The average Bonchev–Trinajstić information content (AvgIpc) is 3.20. The van der Waals surface area contributed by atoms with Crippen molar-refractivity contribution in [1.29, 1.82) is 0 Å². The molecular weight excluding hydrogens is 316 g/mol. The van der Waals surface area contributed by atoms with Crippen molar-refractivity contribution in [2.24, 2.45) is 0 Å². The third-order valence-corrected chi connectivity index (χ3v) is 5.37. The molecule has 0 radical (unpaired) electrons. The van der Waals surface area contributed by atoms with Gasteiger partial charge in [0.05, 0.1) is 18.8 Å². The second kappa shape index (κ2) is 5.65. The van der Waals surface area contributed by atoms with Crippen molar-refractivity contribution in [1.82, 2.24) is 10.2 Å². The van der Waals surface area contributed by atoms with Crippen LogP contribution in [0.25, 0.3) is 0 Å². The summed E-state index contributed by atoms with van der Waals surface area (Å²) in [4.78, 5) is 14.5. The van der Waals surface area contributed by atoms with Crippen LogP contribution >= 0.6 is 11.6 Å². The predicted molar refractivity (Wildman–Crippen MR) is 86.3 cm³/mol. The first kappa shape index (κ1) is 15.2. The molecule has 0 atom stereocenters. The highest BCUT2D eigenvalue weighted by Gasteiger charge is 2.47. The van der Waals surface area contributed by atoms with Crippen molar-refractivity contribution >= 4 is 17.6 Å². The van der Waals surface area contributed by atoms with Crippen LogP contribution in [0.4, 0.5) is 4.79 Å². The van der Waals surface area contributed by atoms with E-state index in [1.54, 1.807) is 0 Å². The van der Waals surface area contributed by atoms with E-state index in [1.807, 2.05) is 29.2 Å². The van der Waals surface area contributed by atoms with E-state index >= 15 is 0 Å². The molecule has 0 unspecified atom stereocenters. The second-order valence-corrected chi connectivity index (χ2v) is 7.05. The molecule has 2 amide bonds. The topological polar surface area (TPSA) is 50.8 Å². The molecule has 4 rings (SSSR count). The van der Waals surface area contributed by atoms with E-state index in [1.165, 1.54) is 0 Å². The van der Waals surface area contributed by atoms with Gasteiger partial charge in [0.15, 0.2) is 5.79 Å². The van der Waals surface area contributed by atoms with Gasteiger partial charge in [-0.1, -0.05) is 23.7 Å². The Morgan fingerprint density at radius 3 is 2.22 bits per heavy atom. The quantitative estimate of drug-likeness (QED) is 0.903. The number of hydrogen-bond acceptors (Lipinski definition) is 3. The van der Waals surface area contributed by atoms with Crippen LogP contribution in [0.1, 0.15) is 31.2 Å². The van der Waals surface area contributed by atoms with Crippen LogP contribution in [-0.4, -0.2) is 43.0 Å². The fourth-order valence-corrected chi connectivity index (χ4v) is 3.63. The summed E-state index contributed by atoms with van der Waals surface area (Å²) in [6, 6.07) is 7.76. The average molecular weight is 337 g/mol. The van der Waals surface area contributed by atoms with Gasteiger partial charge < -0.3 is 19.7 Å². The first-order valence-corrected chi connectivity index (χ1v) is 8.60. The Balaban J connectivity index is 1.38. The van der Waals surface area contributed by atoms with E-state index in [4.69, 9.17) is 21.1 Å². The van der Waals surface area contributed by atoms with Gasteiger partial charge in [-0.05, 0) is 30.5 Å². The summed E-state index contributed by atoms with van der Waals surface area (Å²) in [5, 5.41) is 3.93. The zero-order chi connectivity index (χ0) is 15.9. The van der Waals surface area contributed by atoms with Gasteiger partial charge >= 0.3 is 6.03 Å². The molecule has 6 heteroatoms. The summed E-state index contributed by atoms with van der Waals surface area (Å²) in [6.07, 6.45) is 3.44. The molecule has 1 N–H and O–H groups in total. The monoisotopic (exact) mass is 336 g/mol. The minimum atomic E-state index is -0.440. The Labute approximate surface area is 140 Å². The molecule has 23 heavy (non-hydrogen) atoms. The maximum atomic E-state index is 12.6. The summed E-state index contributed by atoms with van der Waals surface area (Å²) in [6.45, 7) is 2.66. The van der Waals surface area contributed by atoms with E-state index in [0.717, 1.165) is 31.2 Å².